The van der Waals surface area contributed by atoms with Crippen LogP contribution in [0.15, 0.2) is 18.3 Å². The first-order valence-electron chi connectivity index (χ1n) is 5.94. The van der Waals surface area contributed by atoms with Crippen LogP contribution in [0.3, 0.4) is 0 Å². The van der Waals surface area contributed by atoms with E-state index < -0.39 is 0 Å². The molecule has 17 heavy (non-hydrogen) atoms. The first-order chi connectivity index (χ1) is 8.34. The van der Waals surface area contributed by atoms with E-state index in [-0.39, 0.29) is 0 Å². The summed E-state index contributed by atoms with van der Waals surface area (Å²) in [5.41, 5.74) is 0.768. The van der Waals surface area contributed by atoms with Crippen LogP contribution in [0.5, 0.6) is 0 Å². The Kier molecular flexibility index (Phi) is 3.25. The molecule has 2 aromatic rings. The van der Waals surface area contributed by atoms with Crippen LogP contribution in [0.1, 0.15) is 25.1 Å². The molecule has 0 bridgehead atoms. The van der Waals surface area contributed by atoms with Crippen LogP contribution in [0, 0.1) is 0 Å². The molecular formula is C12H14ClN3S. The van der Waals surface area contributed by atoms with Crippen LogP contribution in [-0.4, -0.2) is 25.6 Å². The fraction of sp³-hybridized carbons (Fsp3) is 0.500. The summed E-state index contributed by atoms with van der Waals surface area (Å²) >= 11 is 8.14. The maximum Gasteiger partial charge on any atom is 0.179 e. The van der Waals surface area contributed by atoms with Crippen molar-refractivity contribution in [2.24, 2.45) is 0 Å². The molecule has 0 spiro atoms. The van der Waals surface area contributed by atoms with E-state index in [1.807, 2.05) is 22.7 Å². The van der Waals surface area contributed by atoms with E-state index in [0.717, 1.165) is 17.9 Å². The normalized spacial score (nSPS) is 20.9. The Hall–Kier alpha value is -0.740. The second-order valence-electron chi connectivity index (χ2n) is 4.36. The largest absolute Gasteiger partial charge is 0.285 e. The van der Waals surface area contributed by atoms with Crippen LogP contribution in [0.25, 0.3) is 5.65 Å². The Bertz CT molecular complexity index is 519. The summed E-state index contributed by atoms with van der Waals surface area (Å²) in [5, 5.41) is 9.78. The molecule has 1 saturated heterocycles. The highest BCUT2D eigenvalue weighted by Crippen LogP contribution is 2.28. The molecule has 0 aromatic carbocycles. The molecule has 3 nitrogen and oxygen atoms in total. The topological polar surface area (TPSA) is 30.2 Å². The Morgan fingerprint density at radius 3 is 3.18 bits per heavy atom. The lowest BCUT2D eigenvalue weighted by atomic mass is 10.1. The van der Waals surface area contributed by atoms with E-state index in [9.17, 15) is 0 Å². The summed E-state index contributed by atoms with van der Waals surface area (Å²) in [4.78, 5) is 0. The van der Waals surface area contributed by atoms with Gasteiger partial charge in [0.2, 0.25) is 0 Å². The molecule has 5 heteroatoms. The van der Waals surface area contributed by atoms with Crippen molar-refractivity contribution in [1.29, 1.82) is 0 Å². The van der Waals surface area contributed by atoms with Crippen molar-refractivity contribution >= 4 is 29.0 Å². The van der Waals surface area contributed by atoms with E-state index in [1.54, 1.807) is 0 Å². The van der Waals surface area contributed by atoms with Crippen molar-refractivity contribution < 1.29 is 0 Å². The molecule has 1 aliphatic heterocycles. The third-order valence-electron chi connectivity index (χ3n) is 3.14. The summed E-state index contributed by atoms with van der Waals surface area (Å²) in [6.07, 6.45) is 6.97. The monoisotopic (exact) mass is 267 g/mol. The van der Waals surface area contributed by atoms with E-state index in [4.69, 9.17) is 11.6 Å². The highest BCUT2D eigenvalue weighted by Gasteiger charge is 2.17. The predicted octanol–water partition coefficient (Wildman–Crippen LogP) is 3.21. The zero-order valence-electron chi connectivity index (χ0n) is 9.47. The van der Waals surface area contributed by atoms with Gasteiger partial charge in [-0.1, -0.05) is 18.0 Å². The van der Waals surface area contributed by atoms with Crippen molar-refractivity contribution in [3.8, 4) is 0 Å². The predicted molar refractivity (Wildman–Crippen MR) is 71.8 cm³/mol. The van der Waals surface area contributed by atoms with E-state index >= 15 is 0 Å². The first-order valence-corrected chi connectivity index (χ1v) is 7.37. The van der Waals surface area contributed by atoms with Gasteiger partial charge in [0, 0.05) is 17.9 Å². The molecule has 0 N–H and O–H groups in total. The van der Waals surface area contributed by atoms with Gasteiger partial charge in [0.1, 0.15) is 5.82 Å². The maximum absolute atomic E-state index is 6.08. The van der Waals surface area contributed by atoms with Gasteiger partial charge in [-0.25, -0.2) is 0 Å². The van der Waals surface area contributed by atoms with Crippen molar-refractivity contribution in [3.63, 3.8) is 0 Å². The van der Waals surface area contributed by atoms with Crippen LogP contribution in [0.2, 0.25) is 5.02 Å². The van der Waals surface area contributed by atoms with Crippen molar-refractivity contribution in [1.82, 2.24) is 14.6 Å². The average molecular weight is 268 g/mol. The highest BCUT2D eigenvalue weighted by atomic mass is 35.5. The number of hydrogen-bond acceptors (Lipinski definition) is 3. The molecule has 1 aliphatic rings. The molecule has 1 fully saturated rings. The molecule has 0 aliphatic carbocycles. The third-order valence-corrected chi connectivity index (χ3v) is 4.84. The molecule has 3 rings (SSSR count). The summed E-state index contributed by atoms with van der Waals surface area (Å²) in [6.45, 7) is 0. The number of aromatic nitrogens is 3. The van der Waals surface area contributed by atoms with E-state index in [0.29, 0.717) is 10.3 Å². The number of thioether (sulfide) groups is 1. The van der Waals surface area contributed by atoms with Gasteiger partial charge in [-0.05, 0) is 30.7 Å². The van der Waals surface area contributed by atoms with Crippen molar-refractivity contribution in [2.75, 3.05) is 5.75 Å². The summed E-state index contributed by atoms with van der Waals surface area (Å²) in [5.74, 6) is 2.31. The molecule has 90 valence electrons. The minimum Gasteiger partial charge on any atom is -0.285 e. The SMILES string of the molecule is Clc1cccn2c(CC3CCCCS3)nnc12. The maximum atomic E-state index is 6.08. The lowest BCUT2D eigenvalue weighted by Gasteiger charge is -2.20. The smallest absolute Gasteiger partial charge is 0.179 e. The lowest BCUT2D eigenvalue weighted by molar-refractivity contribution is 0.645. The third kappa shape index (κ3) is 2.29. The molecule has 2 aromatic heterocycles. The van der Waals surface area contributed by atoms with Gasteiger partial charge in [-0.15, -0.1) is 10.2 Å². The number of rotatable bonds is 2. The minimum atomic E-state index is 0.669. The molecular weight excluding hydrogens is 254 g/mol. The van der Waals surface area contributed by atoms with Crippen LogP contribution in [0.4, 0.5) is 0 Å². The van der Waals surface area contributed by atoms with Crippen LogP contribution >= 0.6 is 23.4 Å². The first kappa shape index (κ1) is 11.4. The van der Waals surface area contributed by atoms with Gasteiger partial charge in [0.25, 0.3) is 0 Å². The number of hydrogen-bond donors (Lipinski definition) is 0. The van der Waals surface area contributed by atoms with Gasteiger partial charge in [-0.2, -0.15) is 11.8 Å². The summed E-state index contributed by atoms with van der Waals surface area (Å²) in [6, 6.07) is 3.79. The second kappa shape index (κ2) is 4.86. The van der Waals surface area contributed by atoms with Crippen molar-refractivity contribution in [3.05, 3.63) is 29.2 Å². The summed E-state index contributed by atoms with van der Waals surface area (Å²) < 4.78 is 2.01. The fourth-order valence-electron chi connectivity index (χ4n) is 2.24. The Morgan fingerprint density at radius 1 is 1.41 bits per heavy atom. The second-order valence-corrected chi connectivity index (χ2v) is 6.17. The van der Waals surface area contributed by atoms with Gasteiger partial charge in [0.05, 0.1) is 5.02 Å². The zero-order valence-corrected chi connectivity index (χ0v) is 11.0. The minimum absolute atomic E-state index is 0.669. The molecule has 0 saturated carbocycles. The fourth-order valence-corrected chi connectivity index (χ4v) is 3.75. The Labute approximate surface area is 110 Å². The van der Waals surface area contributed by atoms with Gasteiger partial charge in [-0.3, -0.25) is 4.40 Å². The number of pyridine rings is 1. The van der Waals surface area contributed by atoms with Gasteiger partial charge >= 0.3 is 0 Å². The van der Waals surface area contributed by atoms with E-state index in [2.05, 4.69) is 22.0 Å². The van der Waals surface area contributed by atoms with Crippen LogP contribution in [-0.2, 0) is 6.42 Å². The standard InChI is InChI=1S/C12H14ClN3S/c13-10-5-3-6-16-11(14-15-12(10)16)8-9-4-1-2-7-17-9/h3,5-6,9H,1-2,4,7-8H2. The molecule has 0 amide bonds. The average Bonchev–Trinajstić information content (AvgIpc) is 2.76. The Morgan fingerprint density at radius 2 is 2.35 bits per heavy atom. The lowest BCUT2D eigenvalue weighted by Crippen LogP contribution is -2.14. The zero-order chi connectivity index (χ0) is 11.7. The highest BCUT2D eigenvalue weighted by molar-refractivity contribution is 7.99. The van der Waals surface area contributed by atoms with Gasteiger partial charge < -0.3 is 0 Å². The number of nitrogens with zero attached hydrogens (tertiary/aromatic N) is 3. The van der Waals surface area contributed by atoms with Gasteiger partial charge in [0.15, 0.2) is 5.65 Å². The number of halogens is 1. The van der Waals surface area contributed by atoms with Crippen molar-refractivity contribution in [2.45, 2.75) is 30.9 Å². The van der Waals surface area contributed by atoms with Crippen LogP contribution < -0.4 is 0 Å². The Balaban J connectivity index is 1.87. The molecule has 1 unspecified atom stereocenters. The number of fused-ring (bicyclic) bond motifs is 1. The molecule has 0 radical (unpaired) electrons. The molecule has 3 heterocycles. The molecule has 1 atom stereocenters. The summed E-state index contributed by atoms with van der Waals surface area (Å²) in [7, 11) is 0. The van der Waals surface area contributed by atoms with E-state index in [1.165, 1.54) is 25.0 Å². The quantitative estimate of drug-likeness (QED) is 0.837.